The minimum Gasteiger partial charge on any atom is -0.381 e. The van der Waals surface area contributed by atoms with Gasteiger partial charge in [-0.2, -0.15) is 4.98 Å². The Balaban J connectivity index is 2.09. The van der Waals surface area contributed by atoms with Crippen molar-refractivity contribution in [1.82, 2.24) is 23.9 Å². The molecule has 0 bridgehead atoms. The minimum absolute atomic E-state index is 0.240. The van der Waals surface area contributed by atoms with Gasteiger partial charge in [0, 0.05) is 31.5 Å². The van der Waals surface area contributed by atoms with E-state index in [2.05, 4.69) is 19.5 Å². The summed E-state index contributed by atoms with van der Waals surface area (Å²) in [6.07, 6.45) is 5.31. The van der Waals surface area contributed by atoms with E-state index in [4.69, 9.17) is 4.74 Å². The Morgan fingerprint density at radius 1 is 1.29 bits per heavy atom. The van der Waals surface area contributed by atoms with Gasteiger partial charge < -0.3 is 4.74 Å². The molecule has 1 saturated heterocycles. The predicted molar refractivity (Wildman–Crippen MR) is 76.4 cm³/mol. The van der Waals surface area contributed by atoms with Gasteiger partial charge in [0.15, 0.2) is 5.65 Å². The van der Waals surface area contributed by atoms with Gasteiger partial charge in [0.25, 0.3) is 5.56 Å². The molecule has 21 heavy (non-hydrogen) atoms. The molecule has 4 heterocycles. The fourth-order valence-corrected chi connectivity index (χ4v) is 2.93. The third-order valence-corrected chi connectivity index (χ3v) is 3.92. The quantitative estimate of drug-likeness (QED) is 0.669. The lowest BCUT2D eigenvalue weighted by molar-refractivity contribution is 0.0713. The molecule has 0 N–H and O–H groups in total. The highest BCUT2D eigenvalue weighted by molar-refractivity contribution is 5.76. The van der Waals surface area contributed by atoms with Gasteiger partial charge in [-0.3, -0.25) is 13.8 Å². The number of hydrogen-bond donors (Lipinski definition) is 0. The van der Waals surface area contributed by atoms with Gasteiger partial charge in [0.1, 0.15) is 11.3 Å². The highest BCUT2D eigenvalue weighted by Crippen LogP contribution is 2.27. The van der Waals surface area contributed by atoms with Crippen molar-refractivity contribution in [3.05, 3.63) is 34.6 Å². The van der Waals surface area contributed by atoms with E-state index >= 15 is 0 Å². The van der Waals surface area contributed by atoms with Crippen molar-refractivity contribution in [2.24, 2.45) is 0 Å². The highest BCUT2D eigenvalue weighted by atomic mass is 16.5. The van der Waals surface area contributed by atoms with Gasteiger partial charge in [-0.05, 0) is 19.8 Å². The van der Waals surface area contributed by atoms with Crippen molar-refractivity contribution in [3.8, 4) is 0 Å². The first-order valence-corrected chi connectivity index (χ1v) is 7.05. The van der Waals surface area contributed by atoms with Crippen molar-refractivity contribution >= 4 is 16.9 Å². The molecule has 7 heteroatoms. The van der Waals surface area contributed by atoms with E-state index < -0.39 is 0 Å². The zero-order valence-corrected chi connectivity index (χ0v) is 11.7. The molecule has 1 aliphatic heterocycles. The average molecular weight is 285 g/mol. The summed E-state index contributed by atoms with van der Waals surface area (Å²) < 4.78 is 9.38. The number of aromatic nitrogens is 5. The smallest absolute Gasteiger partial charge is 0.274 e. The largest absolute Gasteiger partial charge is 0.381 e. The van der Waals surface area contributed by atoms with Crippen LogP contribution in [-0.4, -0.2) is 37.1 Å². The predicted octanol–water partition coefficient (Wildman–Crippen LogP) is 1.10. The molecular weight excluding hydrogens is 270 g/mol. The van der Waals surface area contributed by atoms with Crippen molar-refractivity contribution in [2.75, 3.05) is 13.2 Å². The summed E-state index contributed by atoms with van der Waals surface area (Å²) in [4.78, 5) is 24.7. The van der Waals surface area contributed by atoms with Crippen LogP contribution in [0.1, 0.15) is 24.7 Å². The number of fused-ring (bicyclic) bond motifs is 3. The molecule has 0 atom stereocenters. The summed E-state index contributed by atoms with van der Waals surface area (Å²) in [6.45, 7) is 3.30. The molecule has 3 aromatic heterocycles. The Morgan fingerprint density at radius 3 is 2.90 bits per heavy atom. The molecule has 7 nitrogen and oxygen atoms in total. The fraction of sp³-hybridized carbons (Fsp3) is 0.429. The maximum atomic E-state index is 11.7. The topological polar surface area (TPSA) is 74.3 Å². The van der Waals surface area contributed by atoms with Crippen LogP contribution in [-0.2, 0) is 4.74 Å². The molecule has 4 rings (SSSR count). The zero-order chi connectivity index (χ0) is 14.4. The SMILES string of the molecule is Cc1ncc2c(n1)n(C1CCOCC1)c1nc(=O)ccn21. The third kappa shape index (κ3) is 1.92. The van der Waals surface area contributed by atoms with Crippen molar-refractivity contribution in [1.29, 1.82) is 0 Å². The maximum Gasteiger partial charge on any atom is 0.274 e. The Labute approximate surface area is 120 Å². The Morgan fingerprint density at radius 2 is 2.10 bits per heavy atom. The summed E-state index contributed by atoms with van der Waals surface area (Å²) in [5.74, 6) is 1.34. The number of aryl methyl sites for hydroxylation is 1. The van der Waals surface area contributed by atoms with Gasteiger partial charge in [0.2, 0.25) is 5.78 Å². The summed E-state index contributed by atoms with van der Waals surface area (Å²) in [7, 11) is 0. The number of rotatable bonds is 1. The van der Waals surface area contributed by atoms with Crippen LogP contribution < -0.4 is 5.56 Å². The average Bonchev–Trinajstić information content (AvgIpc) is 2.80. The highest BCUT2D eigenvalue weighted by Gasteiger charge is 2.22. The molecule has 0 aliphatic carbocycles. The molecule has 0 aromatic carbocycles. The first kappa shape index (κ1) is 12.5. The summed E-state index contributed by atoms with van der Waals surface area (Å²) >= 11 is 0. The van der Waals surface area contributed by atoms with Crippen LogP contribution >= 0.6 is 0 Å². The second kappa shape index (κ2) is 4.63. The molecule has 1 fully saturated rings. The molecule has 0 radical (unpaired) electrons. The molecule has 0 amide bonds. The van der Waals surface area contributed by atoms with Crippen LogP contribution in [0.15, 0.2) is 23.3 Å². The van der Waals surface area contributed by atoms with E-state index in [0.717, 1.165) is 37.2 Å². The first-order chi connectivity index (χ1) is 10.2. The number of ether oxygens (including phenoxy) is 1. The Hall–Kier alpha value is -2.28. The molecular formula is C14H15N5O2. The summed E-state index contributed by atoms with van der Waals surface area (Å²) in [5.41, 5.74) is 1.46. The molecule has 0 spiro atoms. The van der Waals surface area contributed by atoms with Gasteiger partial charge in [0.05, 0.1) is 6.20 Å². The van der Waals surface area contributed by atoms with Crippen LogP contribution in [0.5, 0.6) is 0 Å². The van der Waals surface area contributed by atoms with Gasteiger partial charge >= 0.3 is 0 Å². The monoisotopic (exact) mass is 285 g/mol. The molecule has 108 valence electrons. The second-order valence-corrected chi connectivity index (χ2v) is 5.28. The molecule has 3 aromatic rings. The minimum atomic E-state index is -0.240. The lowest BCUT2D eigenvalue weighted by atomic mass is 10.1. The van der Waals surface area contributed by atoms with Crippen LogP contribution in [0, 0.1) is 6.92 Å². The van der Waals surface area contributed by atoms with E-state index in [1.54, 1.807) is 12.4 Å². The summed E-state index contributed by atoms with van der Waals surface area (Å²) in [5, 5.41) is 0. The standard InChI is InChI=1S/C14H15N5O2/c1-9-15-8-11-13(16-9)19(10-3-6-21-7-4-10)14-17-12(20)2-5-18(11)14/h2,5,8,10H,3-4,6-7H2,1H3. The van der Waals surface area contributed by atoms with E-state index in [9.17, 15) is 4.79 Å². The summed E-state index contributed by atoms with van der Waals surface area (Å²) in [6, 6.07) is 1.70. The fourth-order valence-electron chi connectivity index (χ4n) is 2.93. The number of imidazole rings is 1. The van der Waals surface area contributed by atoms with E-state index in [0.29, 0.717) is 11.6 Å². The van der Waals surface area contributed by atoms with Gasteiger partial charge in [-0.1, -0.05) is 0 Å². The van der Waals surface area contributed by atoms with Gasteiger partial charge in [-0.15, -0.1) is 0 Å². The van der Waals surface area contributed by atoms with Crippen LogP contribution in [0.4, 0.5) is 0 Å². The van der Waals surface area contributed by atoms with Crippen molar-refractivity contribution in [2.45, 2.75) is 25.8 Å². The lowest BCUT2D eigenvalue weighted by Crippen LogP contribution is -2.21. The van der Waals surface area contributed by atoms with Crippen LogP contribution in [0.2, 0.25) is 0 Å². The Bertz CT molecular complexity index is 876. The van der Waals surface area contributed by atoms with Crippen LogP contribution in [0.25, 0.3) is 16.9 Å². The first-order valence-electron chi connectivity index (χ1n) is 7.05. The Kier molecular flexibility index (Phi) is 2.75. The van der Waals surface area contributed by atoms with Gasteiger partial charge in [-0.25, -0.2) is 9.97 Å². The van der Waals surface area contributed by atoms with E-state index in [1.807, 2.05) is 11.3 Å². The van der Waals surface area contributed by atoms with Crippen molar-refractivity contribution < 1.29 is 4.74 Å². The van der Waals surface area contributed by atoms with Crippen molar-refractivity contribution in [3.63, 3.8) is 0 Å². The normalized spacial score (nSPS) is 16.8. The number of nitrogens with zero attached hydrogens (tertiary/aromatic N) is 5. The van der Waals surface area contributed by atoms with Crippen LogP contribution in [0.3, 0.4) is 0 Å². The molecule has 0 saturated carbocycles. The third-order valence-electron chi connectivity index (χ3n) is 3.92. The molecule has 1 aliphatic rings. The lowest BCUT2D eigenvalue weighted by Gasteiger charge is -2.23. The van der Waals surface area contributed by atoms with E-state index in [1.165, 1.54) is 6.07 Å². The van der Waals surface area contributed by atoms with E-state index in [-0.39, 0.29) is 11.6 Å². The second-order valence-electron chi connectivity index (χ2n) is 5.28. The number of hydrogen-bond acceptors (Lipinski definition) is 5. The zero-order valence-electron chi connectivity index (χ0n) is 11.7. The molecule has 0 unspecified atom stereocenters. The maximum absolute atomic E-state index is 11.7.